The fourth-order valence-electron chi connectivity index (χ4n) is 2.55. The minimum atomic E-state index is 0.654. The van der Waals surface area contributed by atoms with E-state index < -0.39 is 0 Å². The Hall–Kier alpha value is -1.48. The lowest BCUT2D eigenvalue weighted by atomic mass is 10.1. The largest absolute Gasteiger partial charge is 0.493 e. The second kappa shape index (κ2) is 7.95. The van der Waals surface area contributed by atoms with Crippen LogP contribution in [-0.4, -0.2) is 20.3 Å². The van der Waals surface area contributed by atoms with Crippen molar-refractivity contribution in [1.29, 1.82) is 0 Å². The molecular weight excluding hydrogens is 250 g/mol. The maximum Gasteiger partial charge on any atom is 0.161 e. The predicted molar refractivity (Wildman–Crippen MR) is 82.4 cm³/mol. The second-order valence-electron chi connectivity index (χ2n) is 5.10. The molecule has 0 saturated heterocycles. The van der Waals surface area contributed by atoms with Crippen LogP contribution in [0.15, 0.2) is 29.8 Å². The Bertz CT molecular complexity index is 454. The molecule has 2 rings (SSSR count). The fourth-order valence-corrected chi connectivity index (χ4v) is 2.55. The first-order chi connectivity index (χ1) is 9.83. The van der Waals surface area contributed by atoms with E-state index in [9.17, 15) is 0 Å². The van der Waals surface area contributed by atoms with Gasteiger partial charge in [-0.1, -0.05) is 17.7 Å². The van der Waals surface area contributed by atoms with Gasteiger partial charge < -0.3 is 14.8 Å². The van der Waals surface area contributed by atoms with E-state index in [-0.39, 0.29) is 0 Å². The van der Waals surface area contributed by atoms with Gasteiger partial charge in [0.2, 0.25) is 0 Å². The van der Waals surface area contributed by atoms with Gasteiger partial charge in [0.25, 0.3) is 0 Å². The Morgan fingerprint density at radius 3 is 2.85 bits per heavy atom. The molecule has 0 fully saturated rings. The number of rotatable bonds is 8. The van der Waals surface area contributed by atoms with Crippen molar-refractivity contribution >= 4 is 0 Å². The Balaban J connectivity index is 1.81. The number of benzene rings is 1. The van der Waals surface area contributed by atoms with Crippen molar-refractivity contribution < 1.29 is 9.47 Å². The third-order valence-corrected chi connectivity index (χ3v) is 3.61. The van der Waals surface area contributed by atoms with Crippen LogP contribution in [0.3, 0.4) is 0 Å². The van der Waals surface area contributed by atoms with E-state index in [4.69, 9.17) is 9.47 Å². The molecule has 1 aliphatic rings. The molecule has 0 saturated carbocycles. The summed E-state index contributed by atoms with van der Waals surface area (Å²) in [6.45, 7) is 4.56. The molecule has 3 heteroatoms. The SMILES string of the molecule is CCOc1cc(CNCCC2=CCCC2)ccc1OC. The highest BCUT2D eigenvalue weighted by Crippen LogP contribution is 2.28. The van der Waals surface area contributed by atoms with Crippen molar-refractivity contribution in [3.63, 3.8) is 0 Å². The number of nitrogens with one attached hydrogen (secondary N) is 1. The van der Waals surface area contributed by atoms with Gasteiger partial charge in [-0.3, -0.25) is 0 Å². The first-order valence-electron chi connectivity index (χ1n) is 7.52. The summed E-state index contributed by atoms with van der Waals surface area (Å²) in [4.78, 5) is 0. The van der Waals surface area contributed by atoms with Gasteiger partial charge in [-0.05, 0) is 56.8 Å². The van der Waals surface area contributed by atoms with E-state index >= 15 is 0 Å². The number of ether oxygens (including phenoxy) is 2. The minimum absolute atomic E-state index is 0.654. The van der Waals surface area contributed by atoms with Gasteiger partial charge in [0.15, 0.2) is 11.5 Å². The minimum Gasteiger partial charge on any atom is -0.493 e. The van der Waals surface area contributed by atoms with Crippen molar-refractivity contribution in [2.24, 2.45) is 0 Å². The van der Waals surface area contributed by atoms with Crippen LogP contribution in [0.25, 0.3) is 0 Å². The highest BCUT2D eigenvalue weighted by atomic mass is 16.5. The topological polar surface area (TPSA) is 30.5 Å². The first-order valence-corrected chi connectivity index (χ1v) is 7.52. The van der Waals surface area contributed by atoms with Crippen molar-refractivity contribution in [3.8, 4) is 11.5 Å². The fraction of sp³-hybridized carbons (Fsp3) is 0.529. The third kappa shape index (κ3) is 4.27. The van der Waals surface area contributed by atoms with Gasteiger partial charge in [0, 0.05) is 6.54 Å². The number of methoxy groups -OCH3 is 1. The van der Waals surface area contributed by atoms with Crippen LogP contribution in [0, 0.1) is 0 Å². The molecule has 1 N–H and O–H groups in total. The average molecular weight is 275 g/mol. The molecule has 0 spiro atoms. The highest BCUT2D eigenvalue weighted by Gasteiger charge is 2.06. The molecule has 0 heterocycles. The van der Waals surface area contributed by atoms with Gasteiger partial charge in [-0.2, -0.15) is 0 Å². The van der Waals surface area contributed by atoms with Crippen LogP contribution in [0.5, 0.6) is 11.5 Å². The zero-order valence-corrected chi connectivity index (χ0v) is 12.6. The predicted octanol–water partition coefficient (Wildman–Crippen LogP) is 3.68. The monoisotopic (exact) mass is 275 g/mol. The van der Waals surface area contributed by atoms with Gasteiger partial charge >= 0.3 is 0 Å². The zero-order chi connectivity index (χ0) is 14.2. The van der Waals surface area contributed by atoms with E-state index in [1.807, 2.05) is 13.0 Å². The molecule has 3 nitrogen and oxygen atoms in total. The molecule has 0 aliphatic heterocycles. The van der Waals surface area contributed by atoms with Crippen LogP contribution in [0.2, 0.25) is 0 Å². The molecule has 20 heavy (non-hydrogen) atoms. The van der Waals surface area contributed by atoms with Gasteiger partial charge in [0.05, 0.1) is 13.7 Å². The van der Waals surface area contributed by atoms with E-state index in [1.54, 1.807) is 12.7 Å². The summed E-state index contributed by atoms with van der Waals surface area (Å²) in [5.74, 6) is 1.62. The Kier molecular flexibility index (Phi) is 5.93. The second-order valence-corrected chi connectivity index (χ2v) is 5.10. The van der Waals surface area contributed by atoms with E-state index in [0.29, 0.717) is 6.61 Å². The zero-order valence-electron chi connectivity index (χ0n) is 12.6. The van der Waals surface area contributed by atoms with E-state index in [1.165, 1.54) is 31.2 Å². The Morgan fingerprint density at radius 1 is 1.25 bits per heavy atom. The molecule has 0 radical (unpaired) electrons. The summed E-state index contributed by atoms with van der Waals surface area (Å²) in [5, 5.41) is 3.50. The maximum atomic E-state index is 5.59. The quantitative estimate of drug-likeness (QED) is 0.580. The molecule has 0 atom stereocenters. The smallest absolute Gasteiger partial charge is 0.161 e. The summed E-state index contributed by atoms with van der Waals surface area (Å²) in [7, 11) is 1.67. The van der Waals surface area contributed by atoms with E-state index in [0.717, 1.165) is 24.6 Å². The summed E-state index contributed by atoms with van der Waals surface area (Å²) in [6.07, 6.45) is 7.46. The molecule has 0 unspecified atom stereocenters. The number of hydrogen-bond donors (Lipinski definition) is 1. The maximum absolute atomic E-state index is 5.59. The Morgan fingerprint density at radius 2 is 2.15 bits per heavy atom. The molecule has 1 aliphatic carbocycles. The molecular formula is C17H25NO2. The van der Waals surface area contributed by atoms with Crippen LogP contribution in [-0.2, 0) is 6.54 Å². The van der Waals surface area contributed by atoms with Crippen LogP contribution in [0.4, 0.5) is 0 Å². The Labute approximate surface area is 122 Å². The van der Waals surface area contributed by atoms with Crippen molar-refractivity contribution in [2.45, 2.75) is 39.2 Å². The highest BCUT2D eigenvalue weighted by molar-refractivity contribution is 5.42. The number of allylic oxidation sites excluding steroid dienone is 1. The summed E-state index contributed by atoms with van der Waals surface area (Å²) < 4.78 is 10.9. The molecule has 1 aromatic rings. The van der Waals surface area contributed by atoms with Crippen molar-refractivity contribution in [3.05, 3.63) is 35.4 Å². The normalized spacial score (nSPS) is 14.2. The van der Waals surface area contributed by atoms with Crippen LogP contribution in [0.1, 0.15) is 38.2 Å². The summed E-state index contributed by atoms with van der Waals surface area (Å²) in [5.41, 5.74) is 2.84. The van der Waals surface area contributed by atoms with Gasteiger partial charge in [-0.15, -0.1) is 0 Å². The lowest BCUT2D eigenvalue weighted by Gasteiger charge is -2.11. The average Bonchev–Trinajstić information content (AvgIpc) is 2.97. The standard InChI is InChI=1S/C17H25NO2/c1-3-20-17-12-15(8-9-16(17)19-2)13-18-11-10-14-6-4-5-7-14/h6,8-9,12,18H,3-5,7,10-11,13H2,1-2H3. The molecule has 110 valence electrons. The number of hydrogen-bond acceptors (Lipinski definition) is 3. The van der Waals surface area contributed by atoms with Crippen molar-refractivity contribution in [2.75, 3.05) is 20.3 Å². The van der Waals surface area contributed by atoms with Gasteiger partial charge in [-0.25, -0.2) is 0 Å². The van der Waals surface area contributed by atoms with E-state index in [2.05, 4.69) is 23.5 Å². The first kappa shape index (κ1) is 14.9. The lowest BCUT2D eigenvalue weighted by Crippen LogP contribution is -2.15. The van der Waals surface area contributed by atoms with Crippen molar-refractivity contribution in [1.82, 2.24) is 5.32 Å². The summed E-state index contributed by atoms with van der Waals surface area (Å²) >= 11 is 0. The third-order valence-electron chi connectivity index (χ3n) is 3.61. The lowest BCUT2D eigenvalue weighted by molar-refractivity contribution is 0.310. The molecule has 0 amide bonds. The van der Waals surface area contributed by atoms with Gasteiger partial charge in [0.1, 0.15) is 0 Å². The van der Waals surface area contributed by atoms with Crippen LogP contribution >= 0.6 is 0 Å². The summed E-state index contributed by atoms with van der Waals surface area (Å²) in [6, 6.07) is 6.12. The molecule has 0 aromatic heterocycles. The van der Waals surface area contributed by atoms with Crippen LogP contribution < -0.4 is 14.8 Å². The molecule has 1 aromatic carbocycles. The molecule has 0 bridgehead atoms.